The maximum atomic E-state index is 9.88. The number of rotatable bonds is 0. The summed E-state index contributed by atoms with van der Waals surface area (Å²) in [6.07, 6.45) is 5.97. The Bertz CT molecular complexity index is 238. The molecule has 2 heteroatoms. The number of fused-ring (bicyclic) bond motifs is 3. The zero-order chi connectivity index (χ0) is 8.13. The quantitative estimate of drug-likeness (QED) is 0.551. The zero-order valence-electron chi connectivity index (χ0n) is 7.12. The van der Waals surface area contributed by atoms with Crippen LogP contribution in [0, 0.1) is 0 Å². The number of aliphatic hydroxyl groups excluding tert-OH is 1. The second-order valence-electron chi connectivity index (χ2n) is 4.09. The third kappa shape index (κ3) is 0.771. The molecule has 3 unspecified atom stereocenters. The molecular formula is C10H14O2. The Hall–Kier alpha value is -0.340. The minimum Gasteiger partial charge on any atom is -0.386 e. The molecule has 3 atom stereocenters. The standard InChI is InChI=1S/C10H14O2/c11-10-7-3-1-2-6(7)8-4-5-9(10)12-8/h8-11H,1-5H2. The van der Waals surface area contributed by atoms with Crippen LogP contribution in [-0.4, -0.2) is 23.4 Å². The second-order valence-corrected chi connectivity index (χ2v) is 4.09. The highest BCUT2D eigenvalue weighted by molar-refractivity contribution is 5.31. The Morgan fingerprint density at radius 1 is 1.17 bits per heavy atom. The largest absolute Gasteiger partial charge is 0.386 e. The third-order valence-corrected chi connectivity index (χ3v) is 3.45. The molecule has 1 fully saturated rings. The fourth-order valence-electron chi connectivity index (χ4n) is 2.87. The van der Waals surface area contributed by atoms with E-state index in [0.29, 0.717) is 6.10 Å². The summed E-state index contributed by atoms with van der Waals surface area (Å²) < 4.78 is 5.72. The number of hydrogen-bond donors (Lipinski definition) is 1. The van der Waals surface area contributed by atoms with Crippen LogP contribution in [0.2, 0.25) is 0 Å². The number of hydrogen-bond acceptors (Lipinski definition) is 2. The van der Waals surface area contributed by atoms with Gasteiger partial charge in [0.2, 0.25) is 0 Å². The maximum Gasteiger partial charge on any atom is 0.102 e. The van der Waals surface area contributed by atoms with Gasteiger partial charge in [0.05, 0.1) is 12.2 Å². The van der Waals surface area contributed by atoms with Crippen LogP contribution in [0.4, 0.5) is 0 Å². The molecule has 0 amide bonds. The van der Waals surface area contributed by atoms with Gasteiger partial charge < -0.3 is 9.84 Å². The highest BCUT2D eigenvalue weighted by Gasteiger charge is 2.42. The molecule has 3 rings (SSSR count). The molecule has 0 aromatic heterocycles. The summed E-state index contributed by atoms with van der Waals surface area (Å²) in [6, 6.07) is 0. The average molecular weight is 166 g/mol. The Balaban J connectivity index is 2.03. The van der Waals surface area contributed by atoms with Crippen molar-refractivity contribution in [1.29, 1.82) is 0 Å². The number of ether oxygens (including phenoxy) is 1. The van der Waals surface area contributed by atoms with Gasteiger partial charge in [-0.15, -0.1) is 0 Å². The normalized spacial score (nSPS) is 45.2. The van der Waals surface area contributed by atoms with Crippen LogP contribution >= 0.6 is 0 Å². The minimum atomic E-state index is -0.263. The van der Waals surface area contributed by atoms with E-state index in [1.165, 1.54) is 24.0 Å². The van der Waals surface area contributed by atoms with E-state index in [1.54, 1.807) is 0 Å². The van der Waals surface area contributed by atoms with Crippen molar-refractivity contribution in [2.24, 2.45) is 0 Å². The van der Waals surface area contributed by atoms with Crippen LogP contribution in [0.15, 0.2) is 11.1 Å². The molecule has 2 aliphatic heterocycles. The lowest BCUT2D eigenvalue weighted by atomic mass is 9.99. The molecule has 2 bridgehead atoms. The lowest BCUT2D eigenvalue weighted by Gasteiger charge is -2.27. The molecule has 1 N–H and O–H groups in total. The van der Waals surface area contributed by atoms with Crippen molar-refractivity contribution in [3.05, 3.63) is 11.1 Å². The lowest BCUT2D eigenvalue weighted by molar-refractivity contribution is -0.0233. The SMILES string of the molecule is OC1C2=C(CCC2)C2CCC1O2. The first-order chi connectivity index (χ1) is 5.86. The van der Waals surface area contributed by atoms with E-state index >= 15 is 0 Å². The first-order valence-electron chi connectivity index (χ1n) is 4.91. The molecule has 0 aromatic rings. The fraction of sp³-hybridized carbons (Fsp3) is 0.800. The summed E-state index contributed by atoms with van der Waals surface area (Å²) in [7, 11) is 0. The van der Waals surface area contributed by atoms with E-state index in [4.69, 9.17) is 4.74 Å². The maximum absolute atomic E-state index is 9.88. The lowest BCUT2D eigenvalue weighted by Crippen LogP contribution is -2.33. The fourth-order valence-corrected chi connectivity index (χ4v) is 2.87. The summed E-state index contributed by atoms with van der Waals surface area (Å²) in [6.45, 7) is 0. The van der Waals surface area contributed by atoms with Crippen LogP contribution < -0.4 is 0 Å². The van der Waals surface area contributed by atoms with E-state index < -0.39 is 0 Å². The Labute approximate surface area is 72.2 Å². The molecule has 0 radical (unpaired) electrons. The molecule has 0 aromatic carbocycles. The minimum absolute atomic E-state index is 0.131. The van der Waals surface area contributed by atoms with Gasteiger partial charge in [-0.05, 0) is 43.3 Å². The van der Waals surface area contributed by atoms with E-state index in [-0.39, 0.29) is 12.2 Å². The van der Waals surface area contributed by atoms with Gasteiger partial charge in [-0.25, -0.2) is 0 Å². The predicted molar refractivity (Wildman–Crippen MR) is 44.8 cm³/mol. The van der Waals surface area contributed by atoms with Crippen LogP contribution in [0.5, 0.6) is 0 Å². The summed E-state index contributed by atoms with van der Waals surface area (Å²) in [5, 5.41) is 9.88. The van der Waals surface area contributed by atoms with E-state index in [9.17, 15) is 5.11 Å². The monoisotopic (exact) mass is 166 g/mol. The van der Waals surface area contributed by atoms with Crippen molar-refractivity contribution >= 4 is 0 Å². The van der Waals surface area contributed by atoms with Crippen molar-refractivity contribution in [1.82, 2.24) is 0 Å². The van der Waals surface area contributed by atoms with E-state index in [0.717, 1.165) is 19.3 Å². The predicted octanol–water partition coefficient (Wildman–Crippen LogP) is 1.39. The van der Waals surface area contributed by atoms with Crippen LogP contribution in [0.1, 0.15) is 32.1 Å². The van der Waals surface area contributed by atoms with Gasteiger partial charge in [-0.2, -0.15) is 0 Å². The summed E-state index contributed by atoms with van der Waals surface area (Å²) >= 11 is 0. The van der Waals surface area contributed by atoms with Crippen LogP contribution in [-0.2, 0) is 4.74 Å². The van der Waals surface area contributed by atoms with Gasteiger partial charge in [0.15, 0.2) is 0 Å². The summed E-state index contributed by atoms with van der Waals surface area (Å²) in [5.41, 5.74) is 2.77. The Kier molecular flexibility index (Phi) is 1.38. The number of aliphatic hydroxyl groups is 1. The van der Waals surface area contributed by atoms with Crippen molar-refractivity contribution < 1.29 is 9.84 Å². The first kappa shape index (κ1) is 7.10. The topological polar surface area (TPSA) is 29.5 Å². The van der Waals surface area contributed by atoms with Gasteiger partial charge >= 0.3 is 0 Å². The molecule has 2 nitrogen and oxygen atoms in total. The molecule has 0 saturated carbocycles. The molecule has 12 heavy (non-hydrogen) atoms. The van der Waals surface area contributed by atoms with Crippen LogP contribution in [0.25, 0.3) is 0 Å². The first-order valence-corrected chi connectivity index (χ1v) is 4.91. The van der Waals surface area contributed by atoms with Gasteiger partial charge in [-0.3, -0.25) is 0 Å². The van der Waals surface area contributed by atoms with E-state index in [2.05, 4.69) is 0 Å². The molecule has 2 heterocycles. The van der Waals surface area contributed by atoms with Crippen molar-refractivity contribution in [3.63, 3.8) is 0 Å². The average Bonchev–Trinajstić information content (AvgIpc) is 2.69. The Morgan fingerprint density at radius 3 is 2.92 bits per heavy atom. The third-order valence-electron chi connectivity index (χ3n) is 3.45. The van der Waals surface area contributed by atoms with Gasteiger partial charge in [-0.1, -0.05) is 0 Å². The summed E-state index contributed by atoms with van der Waals surface area (Å²) in [4.78, 5) is 0. The highest BCUT2D eigenvalue weighted by Crippen LogP contribution is 2.43. The van der Waals surface area contributed by atoms with Gasteiger partial charge in [0, 0.05) is 0 Å². The van der Waals surface area contributed by atoms with Crippen molar-refractivity contribution in [2.45, 2.75) is 50.4 Å². The van der Waals surface area contributed by atoms with Crippen molar-refractivity contribution in [3.8, 4) is 0 Å². The highest BCUT2D eigenvalue weighted by atomic mass is 16.5. The van der Waals surface area contributed by atoms with Crippen LogP contribution in [0.3, 0.4) is 0 Å². The Morgan fingerprint density at radius 2 is 2.00 bits per heavy atom. The van der Waals surface area contributed by atoms with Crippen molar-refractivity contribution in [2.75, 3.05) is 0 Å². The smallest absolute Gasteiger partial charge is 0.102 e. The molecule has 1 saturated heterocycles. The second kappa shape index (κ2) is 2.33. The van der Waals surface area contributed by atoms with Gasteiger partial charge in [0.25, 0.3) is 0 Å². The zero-order valence-corrected chi connectivity index (χ0v) is 7.12. The molecule has 0 spiro atoms. The molecule has 1 aliphatic carbocycles. The van der Waals surface area contributed by atoms with Gasteiger partial charge in [0.1, 0.15) is 6.10 Å². The molecular weight excluding hydrogens is 152 g/mol. The summed E-state index contributed by atoms with van der Waals surface area (Å²) in [5.74, 6) is 0. The molecule has 66 valence electrons. The molecule has 3 aliphatic rings. The van der Waals surface area contributed by atoms with E-state index in [1.807, 2.05) is 0 Å².